The summed E-state index contributed by atoms with van der Waals surface area (Å²) < 4.78 is 11.4. The highest BCUT2D eigenvalue weighted by atomic mass is 16.5. The van der Waals surface area contributed by atoms with E-state index in [0.29, 0.717) is 17.4 Å². The fraction of sp³-hybridized carbons (Fsp3) is 0.364. The van der Waals surface area contributed by atoms with E-state index < -0.39 is 11.9 Å². The molecule has 0 radical (unpaired) electrons. The van der Waals surface area contributed by atoms with E-state index in [1.54, 1.807) is 4.90 Å². The molecule has 2 aromatic carbocycles. The molecule has 0 spiro atoms. The van der Waals surface area contributed by atoms with Gasteiger partial charge in [0.2, 0.25) is 0 Å². The highest BCUT2D eigenvalue weighted by Crippen LogP contribution is 2.44. The van der Waals surface area contributed by atoms with Gasteiger partial charge in [0.15, 0.2) is 6.61 Å². The molecular formula is C22H23NO4. The number of amides is 1. The minimum Gasteiger partial charge on any atom is -0.457 e. The third kappa shape index (κ3) is 3.54. The zero-order chi connectivity index (χ0) is 18.8. The first kappa shape index (κ1) is 17.6. The van der Waals surface area contributed by atoms with Crippen LogP contribution in [0.25, 0.3) is 0 Å². The third-order valence-electron chi connectivity index (χ3n) is 5.26. The Morgan fingerprint density at radius 3 is 2.33 bits per heavy atom. The number of hydrogen-bond donors (Lipinski definition) is 0. The molecule has 2 heterocycles. The van der Waals surface area contributed by atoms with Crippen molar-refractivity contribution in [1.29, 1.82) is 0 Å². The summed E-state index contributed by atoms with van der Waals surface area (Å²) in [6.07, 6.45) is 2.14. The van der Waals surface area contributed by atoms with Crippen molar-refractivity contribution in [3.05, 3.63) is 59.7 Å². The first-order valence-corrected chi connectivity index (χ1v) is 9.43. The van der Waals surface area contributed by atoms with E-state index >= 15 is 0 Å². The lowest BCUT2D eigenvalue weighted by molar-refractivity contribution is -0.153. The average molecular weight is 365 g/mol. The summed E-state index contributed by atoms with van der Waals surface area (Å²) in [5, 5.41) is 0. The van der Waals surface area contributed by atoms with E-state index in [1.165, 1.54) is 0 Å². The van der Waals surface area contributed by atoms with Crippen molar-refractivity contribution < 1.29 is 19.1 Å². The van der Waals surface area contributed by atoms with Gasteiger partial charge in [-0.3, -0.25) is 9.59 Å². The van der Waals surface area contributed by atoms with Gasteiger partial charge in [0.1, 0.15) is 17.4 Å². The van der Waals surface area contributed by atoms with Crippen LogP contribution in [0.15, 0.2) is 48.5 Å². The van der Waals surface area contributed by atoms with Gasteiger partial charge in [-0.2, -0.15) is 0 Å². The molecule has 0 aromatic heterocycles. The minimum atomic E-state index is -0.584. The maximum Gasteiger partial charge on any atom is 0.318 e. The van der Waals surface area contributed by atoms with E-state index in [0.717, 1.165) is 37.1 Å². The third-order valence-corrected chi connectivity index (χ3v) is 5.26. The second-order valence-electron chi connectivity index (χ2n) is 7.31. The predicted molar refractivity (Wildman–Crippen MR) is 101 cm³/mol. The van der Waals surface area contributed by atoms with Crippen LogP contribution in [0.1, 0.15) is 36.8 Å². The van der Waals surface area contributed by atoms with Gasteiger partial charge in [-0.05, 0) is 30.9 Å². The average Bonchev–Trinajstić information content (AvgIpc) is 2.70. The zero-order valence-electron chi connectivity index (χ0n) is 15.4. The minimum absolute atomic E-state index is 0.122. The van der Waals surface area contributed by atoms with Crippen molar-refractivity contribution in [3.8, 4) is 11.5 Å². The summed E-state index contributed by atoms with van der Waals surface area (Å²) >= 11 is 0. The van der Waals surface area contributed by atoms with Crippen molar-refractivity contribution in [1.82, 2.24) is 4.90 Å². The monoisotopic (exact) mass is 365 g/mol. The number of nitrogens with zero attached hydrogens (tertiary/aromatic N) is 1. The summed E-state index contributed by atoms with van der Waals surface area (Å²) in [4.78, 5) is 27.2. The van der Waals surface area contributed by atoms with Crippen molar-refractivity contribution in [2.24, 2.45) is 5.92 Å². The number of carbonyl (C=O) groups is 2. The molecule has 5 nitrogen and oxygen atoms in total. The maximum atomic E-state index is 12.9. The maximum absolute atomic E-state index is 12.9. The van der Waals surface area contributed by atoms with E-state index in [-0.39, 0.29) is 12.5 Å². The predicted octanol–water partition coefficient (Wildman–Crippen LogP) is 3.73. The van der Waals surface area contributed by atoms with Crippen molar-refractivity contribution >= 4 is 11.9 Å². The second-order valence-corrected chi connectivity index (χ2v) is 7.31. The Hall–Kier alpha value is -2.82. The number of rotatable bonds is 3. The van der Waals surface area contributed by atoms with Gasteiger partial charge >= 0.3 is 5.97 Å². The highest BCUT2D eigenvalue weighted by Gasteiger charge is 2.34. The first-order chi connectivity index (χ1) is 13.1. The Labute approximate surface area is 158 Å². The molecule has 5 heteroatoms. The van der Waals surface area contributed by atoms with E-state index in [9.17, 15) is 9.59 Å². The molecule has 27 heavy (non-hydrogen) atoms. The molecule has 4 rings (SSSR count). The van der Waals surface area contributed by atoms with Crippen LogP contribution in [0.5, 0.6) is 11.5 Å². The van der Waals surface area contributed by atoms with Crippen LogP contribution in [0.3, 0.4) is 0 Å². The van der Waals surface area contributed by atoms with Gasteiger partial charge in [-0.1, -0.05) is 43.3 Å². The number of benzene rings is 2. The van der Waals surface area contributed by atoms with Crippen LogP contribution >= 0.6 is 0 Å². The normalized spacial score (nSPS) is 18.9. The molecule has 0 saturated carbocycles. The first-order valence-electron chi connectivity index (χ1n) is 9.43. The fourth-order valence-electron chi connectivity index (χ4n) is 3.89. The standard InChI is InChI=1S/C22H23NO4/c1-15-7-6-12-23(13-15)20(24)14-26-22(25)21-16-8-2-4-10-18(16)27-19-11-5-3-9-17(19)21/h2-5,8-11,15,21H,6-7,12-14H2,1H3/t15-/m0/s1. The molecule has 0 N–H and O–H groups in total. The van der Waals surface area contributed by atoms with Gasteiger partial charge in [0.25, 0.3) is 5.91 Å². The molecule has 2 aromatic rings. The van der Waals surface area contributed by atoms with E-state index in [1.807, 2.05) is 48.5 Å². The lowest BCUT2D eigenvalue weighted by atomic mass is 9.88. The van der Waals surface area contributed by atoms with Gasteiger partial charge < -0.3 is 14.4 Å². The van der Waals surface area contributed by atoms with Gasteiger partial charge in [0.05, 0.1) is 0 Å². The summed E-state index contributed by atoms with van der Waals surface area (Å²) in [6.45, 7) is 3.40. The highest BCUT2D eigenvalue weighted by molar-refractivity contribution is 5.87. The van der Waals surface area contributed by atoms with Gasteiger partial charge in [0, 0.05) is 24.2 Å². The smallest absolute Gasteiger partial charge is 0.318 e. The van der Waals surface area contributed by atoms with Crippen LogP contribution in [0.2, 0.25) is 0 Å². The lowest BCUT2D eigenvalue weighted by Gasteiger charge is -2.31. The van der Waals surface area contributed by atoms with Crippen molar-refractivity contribution in [2.45, 2.75) is 25.7 Å². The molecule has 1 fully saturated rings. The van der Waals surface area contributed by atoms with Crippen LogP contribution < -0.4 is 4.74 Å². The summed E-state index contributed by atoms with van der Waals surface area (Å²) in [7, 11) is 0. The Bertz CT molecular complexity index is 817. The number of esters is 1. The number of likely N-dealkylation sites (tertiary alicyclic amines) is 1. The summed E-state index contributed by atoms with van der Waals surface area (Å²) in [5.41, 5.74) is 1.53. The summed E-state index contributed by atoms with van der Waals surface area (Å²) in [5.74, 6) is 0.663. The van der Waals surface area contributed by atoms with Gasteiger partial charge in [-0.15, -0.1) is 0 Å². The summed E-state index contributed by atoms with van der Waals surface area (Å²) in [6, 6.07) is 14.9. The van der Waals surface area contributed by atoms with Crippen LogP contribution in [0, 0.1) is 5.92 Å². The van der Waals surface area contributed by atoms with Gasteiger partial charge in [-0.25, -0.2) is 0 Å². The SMILES string of the molecule is C[C@H]1CCCN(C(=O)COC(=O)C2c3ccccc3Oc3ccccc32)C1. The van der Waals surface area contributed by atoms with E-state index in [4.69, 9.17) is 9.47 Å². The van der Waals surface area contributed by atoms with Crippen molar-refractivity contribution in [3.63, 3.8) is 0 Å². The Kier molecular flexibility index (Phi) is 4.84. The molecule has 0 aliphatic carbocycles. The number of ether oxygens (including phenoxy) is 2. The quantitative estimate of drug-likeness (QED) is 0.778. The second kappa shape index (κ2) is 7.43. The van der Waals surface area contributed by atoms with Crippen LogP contribution in [-0.4, -0.2) is 36.5 Å². The molecule has 1 saturated heterocycles. The topological polar surface area (TPSA) is 55.8 Å². The molecule has 140 valence electrons. The number of hydrogen-bond acceptors (Lipinski definition) is 4. The van der Waals surface area contributed by atoms with Crippen LogP contribution in [-0.2, 0) is 14.3 Å². The Morgan fingerprint density at radius 2 is 1.70 bits per heavy atom. The molecule has 0 unspecified atom stereocenters. The number of para-hydroxylation sites is 2. The van der Waals surface area contributed by atoms with Crippen molar-refractivity contribution in [2.75, 3.05) is 19.7 Å². The Morgan fingerprint density at radius 1 is 1.07 bits per heavy atom. The zero-order valence-corrected chi connectivity index (χ0v) is 15.4. The van der Waals surface area contributed by atoms with E-state index in [2.05, 4.69) is 6.92 Å². The molecule has 2 aliphatic heterocycles. The molecule has 2 aliphatic rings. The molecule has 1 amide bonds. The van der Waals surface area contributed by atoms with Crippen LogP contribution in [0.4, 0.5) is 0 Å². The molecule has 1 atom stereocenters. The molecular weight excluding hydrogens is 342 g/mol. The largest absolute Gasteiger partial charge is 0.457 e. The molecule has 0 bridgehead atoms. The lowest BCUT2D eigenvalue weighted by Crippen LogP contribution is -2.41. The Balaban J connectivity index is 1.51. The fourth-order valence-corrected chi connectivity index (χ4v) is 3.89. The number of carbonyl (C=O) groups excluding carboxylic acids is 2. The number of piperidine rings is 1. The number of fused-ring (bicyclic) bond motifs is 2.